The van der Waals surface area contributed by atoms with E-state index in [4.69, 9.17) is 11.6 Å². The largest absolute Gasteiger partial charge is 0.323 e. The van der Waals surface area contributed by atoms with E-state index in [0.717, 1.165) is 4.31 Å². The highest BCUT2D eigenvalue weighted by Crippen LogP contribution is 2.30. The maximum atomic E-state index is 13.1. The third-order valence-electron chi connectivity index (χ3n) is 3.68. The number of halogens is 1. The average Bonchev–Trinajstić information content (AvgIpc) is 2.68. The number of hydrogen-bond acceptors (Lipinski definition) is 4. The number of rotatable bonds is 6. The minimum atomic E-state index is -3.99. The van der Waals surface area contributed by atoms with E-state index in [1.165, 1.54) is 18.3 Å². The summed E-state index contributed by atoms with van der Waals surface area (Å²) in [5, 5.41) is 2.86. The number of aromatic nitrogens is 1. The van der Waals surface area contributed by atoms with Crippen molar-refractivity contribution in [3.8, 4) is 0 Å². The van der Waals surface area contributed by atoms with Crippen LogP contribution >= 0.6 is 11.6 Å². The smallest absolute Gasteiger partial charge is 0.264 e. The second kappa shape index (κ2) is 8.20. The Bertz CT molecular complexity index is 1030. The second-order valence-electron chi connectivity index (χ2n) is 5.57. The van der Waals surface area contributed by atoms with Crippen molar-refractivity contribution >= 4 is 38.9 Å². The van der Waals surface area contributed by atoms with Crippen molar-refractivity contribution in [3.05, 3.63) is 84.1 Å². The van der Waals surface area contributed by atoms with Gasteiger partial charge in [0.1, 0.15) is 6.54 Å². The average molecular weight is 402 g/mol. The zero-order valence-electron chi connectivity index (χ0n) is 14.1. The van der Waals surface area contributed by atoms with E-state index in [1.807, 2.05) is 0 Å². The number of pyridine rings is 1. The molecule has 1 N–H and O–H groups in total. The molecule has 0 aliphatic rings. The van der Waals surface area contributed by atoms with Gasteiger partial charge in [-0.15, -0.1) is 0 Å². The minimum absolute atomic E-state index is 0.0686. The van der Waals surface area contributed by atoms with Gasteiger partial charge in [0.2, 0.25) is 5.91 Å². The van der Waals surface area contributed by atoms with Crippen molar-refractivity contribution in [2.75, 3.05) is 16.2 Å². The van der Waals surface area contributed by atoms with E-state index in [1.54, 1.807) is 60.8 Å². The van der Waals surface area contributed by atoms with Crippen molar-refractivity contribution in [3.63, 3.8) is 0 Å². The lowest BCUT2D eigenvalue weighted by molar-refractivity contribution is -0.114. The van der Waals surface area contributed by atoms with E-state index < -0.39 is 22.5 Å². The van der Waals surface area contributed by atoms with Gasteiger partial charge in [-0.2, -0.15) is 0 Å². The zero-order valence-corrected chi connectivity index (χ0v) is 15.7. The summed E-state index contributed by atoms with van der Waals surface area (Å²) in [7, 11) is -3.99. The van der Waals surface area contributed by atoms with Crippen LogP contribution in [0.5, 0.6) is 0 Å². The highest BCUT2D eigenvalue weighted by molar-refractivity contribution is 7.92. The quantitative estimate of drug-likeness (QED) is 0.684. The first-order valence-corrected chi connectivity index (χ1v) is 9.82. The van der Waals surface area contributed by atoms with Crippen LogP contribution in [0.2, 0.25) is 5.02 Å². The van der Waals surface area contributed by atoms with Gasteiger partial charge in [0.15, 0.2) is 0 Å². The van der Waals surface area contributed by atoms with Crippen LogP contribution < -0.4 is 9.62 Å². The van der Waals surface area contributed by atoms with Gasteiger partial charge in [0.05, 0.1) is 27.5 Å². The molecule has 0 radical (unpaired) electrons. The van der Waals surface area contributed by atoms with Gasteiger partial charge in [-0.1, -0.05) is 41.9 Å². The molecule has 0 fully saturated rings. The van der Waals surface area contributed by atoms with Gasteiger partial charge < -0.3 is 5.32 Å². The van der Waals surface area contributed by atoms with Crippen molar-refractivity contribution < 1.29 is 13.2 Å². The number of carbonyl (C=O) groups excluding carboxylic acids is 1. The summed E-state index contributed by atoms with van der Waals surface area (Å²) in [6.45, 7) is -0.435. The maximum absolute atomic E-state index is 13.1. The van der Waals surface area contributed by atoms with Crippen LogP contribution in [0.4, 0.5) is 11.4 Å². The molecule has 0 saturated carbocycles. The topological polar surface area (TPSA) is 79.4 Å². The van der Waals surface area contributed by atoms with Crippen molar-refractivity contribution in [1.82, 2.24) is 4.98 Å². The molecule has 3 aromatic rings. The molecular weight excluding hydrogens is 386 g/mol. The molecule has 0 spiro atoms. The Labute approximate surface area is 162 Å². The molecule has 138 valence electrons. The molecule has 27 heavy (non-hydrogen) atoms. The fourth-order valence-electron chi connectivity index (χ4n) is 2.44. The molecular formula is C19H16ClN3O3S. The predicted molar refractivity (Wildman–Crippen MR) is 105 cm³/mol. The van der Waals surface area contributed by atoms with Gasteiger partial charge in [-0.3, -0.25) is 14.1 Å². The standard InChI is InChI=1S/C19H16ClN3O3S/c20-17-10-4-5-11-18(17)23(27(25,26)16-8-2-1-3-9-16)14-19(24)22-15-7-6-12-21-13-15/h1-13H,14H2,(H,22,24). The molecule has 8 heteroatoms. The van der Waals surface area contributed by atoms with Gasteiger partial charge >= 0.3 is 0 Å². The Kier molecular flexibility index (Phi) is 5.73. The van der Waals surface area contributed by atoms with Crippen LogP contribution in [0.1, 0.15) is 0 Å². The molecule has 2 aromatic carbocycles. The Morgan fingerprint density at radius 2 is 1.70 bits per heavy atom. The van der Waals surface area contributed by atoms with E-state index in [2.05, 4.69) is 10.3 Å². The van der Waals surface area contributed by atoms with Crippen LogP contribution in [-0.4, -0.2) is 25.9 Å². The number of amides is 1. The van der Waals surface area contributed by atoms with Crippen molar-refractivity contribution in [2.24, 2.45) is 0 Å². The number of para-hydroxylation sites is 1. The number of anilines is 2. The minimum Gasteiger partial charge on any atom is -0.323 e. The SMILES string of the molecule is O=C(CN(c1ccccc1Cl)S(=O)(=O)c1ccccc1)Nc1cccnc1. The van der Waals surface area contributed by atoms with E-state index in [0.29, 0.717) is 5.69 Å². The van der Waals surface area contributed by atoms with Gasteiger partial charge in [0.25, 0.3) is 10.0 Å². The van der Waals surface area contributed by atoms with E-state index in [-0.39, 0.29) is 15.6 Å². The Hall–Kier alpha value is -2.90. The normalized spacial score (nSPS) is 11.0. The number of sulfonamides is 1. The van der Waals surface area contributed by atoms with Crippen molar-refractivity contribution in [2.45, 2.75) is 4.90 Å². The van der Waals surface area contributed by atoms with Crippen LogP contribution in [-0.2, 0) is 14.8 Å². The molecule has 1 aromatic heterocycles. The molecule has 0 atom stereocenters. The molecule has 3 rings (SSSR count). The molecule has 0 saturated heterocycles. The fourth-order valence-corrected chi connectivity index (χ4v) is 4.19. The Balaban J connectivity index is 1.96. The zero-order chi connectivity index (χ0) is 19.3. The number of nitrogens with zero attached hydrogens (tertiary/aromatic N) is 2. The lowest BCUT2D eigenvalue weighted by atomic mass is 10.3. The second-order valence-corrected chi connectivity index (χ2v) is 7.84. The van der Waals surface area contributed by atoms with Crippen LogP contribution in [0.15, 0.2) is 84.0 Å². The Morgan fingerprint density at radius 3 is 2.37 bits per heavy atom. The first-order chi connectivity index (χ1) is 13.0. The highest BCUT2D eigenvalue weighted by atomic mass is 35.5. The summed E-state index contributed by atoms with van der Waals surface area (Å²) >= 11 is 6.21. The first-order valence-electron chi connectivity index (χ1n) is 8.00. The Morgan fingerprint density at radius 1 is 1.00 bits per heavy atom. The van der Waals surface area contributed by atoms with Crippen LogP contribution in [0.25, 0.3) is 0 Å². The predicted octanol–water partition coefficient (Wildman–Crippen LogP) is 3.57. The summed E-state index contributed by atoms with van der Waals surface area (Å²) < 4.78 is 27.3. The third kappa shape index (κ3) is 4.45. The number of benzene rings is 2. The summed E-state index contributed by atoms with van der Waals surface area (Å²) in [5.74, 6) is -0.512. The molecule has 0 unspecified atom stereocenters. The maximum Gasteiger partial charge on any atom is 0.264 e. The fraction of sp³-hybridized carbons (Fsp3) is 0.0526. The lowest BCUT2D eigenvalue weighted by Crippen LogP contribution is -2.38. The lowest BCUT2D eigenvalue weighted by Gasteiger charge is -2.25. The summed E-state index contributed by atoms with van der Waals surface area (Å²) in [4.78, 5) is 16.5. The van der Waals surface area contributed by atoms with Gasteiger partial charge in [-0.05, 0) is 36.4 Å². The van der Waals surface area contributed by atoms with Gasteiger partial charge in [-0.25, -0.2) is 8.42 Å². The highest BCUT2D eigenvalue weighted by Gasteiger charge is 2.28. The van der Waals surface area contributed by atoms with E-state index >= 15 is 0 Å². The van der Waals surface area contributed by atoms with Gasteiger partial charge in [0, 0.05) is 6.20 Å². The summed E-state index contributed by atoms with van der Waals surface area (Å²) in [6, 6.07) is 17.7. The van der Waals surface area contributed by atoms with Crippen LogP contribution in [0, 0.1) is 0 Å². The van der Waals surface area contributed by atoms with E-state index in [9.17, 15) is 13.2 Å². The summed E-state index contributed by atoms with van der Waals surface area (Å²) in [5.41, 5.74) is 0.697. The molecule has 0 aliphatic carbocycles. The van der Waals surface area contributed by atoms with Crippen molar-refractivity contribution in [1.29, 1.82) is 0 Å². The third-order valence-corrected chi connectivity index (χ3v) is 5.78. The summed E-state index contributed by atoms with van der Waals surface area (Å²) in [6.07, 6.45) is 3.05. The molecule has 1 heterocycles. The number of carbonyl (C=O) groups is 1. The molecule has 0 aliphatic heterocycles. The molecule has 0 bridgehead atoms. The molecule has 1 amide bonds. The van der Waals surface area contributed by atoms with Crippen LogP contribution in [0.3, 0.4) is 0 Å². The first kappa shape index (κ1) is 18.9. The number of nitrogens with one attached hydrogen (secondary N) is 1. The number of hydrogen-bond donors (Lipinski definition) is 1. The monoisotopic (exact) mass is 401 g/mol. The molecule has 6 nitrogen and oxygen atoms in total.